The average molecular weight is 365 g/mol. The minimum absolute atomic E-state index is 0.344. The van der Waals surface area contributed by atoms with E-state index in [0.29, 0.717) is 11.4 Å². The van der Waals surface area contributed by atoms with Gasteiger partial charge in [0.05, 0.1) is 13.3 Å². The molecule has 0 aliphatic rings. The third-order valence-electron chi connectivity index (χ3n) is 3.85. The van der Waals surface area contributed by atoms with Crippen molar-refractivity contribution in [2.24, 2.45) is 5.10 Å². The van der Waals surface area contributed by atoms with Gasteiger partial charge in [0.15, 0.2) is 0 Å². The van der Waals surface area contributed by atoms with Crippen molar-refractivity contribution < 1.29 is 9.53 Å². The third kappa shape index (κ3) is 4.15. The van der Waals surface area contributed by atoms with Gasteiger partial charge in [-0.1, -0.05) is 43.3 Å². The van der Waals surface area contributed by atoms with Crippen molar-refractivity contribution in [1.29, 1.82) is 0 Å². The molecule has 5 nitrogen and oxygen atoms in total. The molecule has 0 spiro atoms. The molecule has 0 atom stereocenters. The van der Waals surface area contributed by atoms with Gasteiger partial charge in [0.2, 0.25) is 0 Å². The van der Waals surface area contributed by atoms with Gasteiger partial charge in [-0.25, -0.2) is 10.4 Å². The second-order valence-electron chi connectivity index (χ2n) is 5.53. The Morgan fingerprint density at radius 3 is 2.73 bits per heavy atom. The number of para-hydroxylation sites is 1. The lowest BCUT2D eigenvalue weighted by Crippen LogP contribution is -2.18. The number of rotatable bonds is 6. The third-order valence-corrected chi connectivity index (χ3v) is 4.75. The standard InChI is InChI=1S/C20H19N3O2S/c1-3-14-8-10-15(11-9-14)20-22-17(13-26-20)19(24)23-21-12-16-6-4-5-7-18(16)25-2/h4-13H,3H2,1-2H3,(H,23,24)/b21-12-. The monoisotopic (exact) mass is 365 g/mol. The molecule has 0 unspecified atom stereocenters. The highest BCUT2D eigenvalue weighted by atomic mass is 32.1. The molecule has 132 valence electrons. The topological polar surface area (TPSA) is 63.6 Å². The van der Waals surface area contributed by atoms with E-state index in [9.17, 15) is 4.79 Å². The lowest BCUT2D eigenvalue weighted by molar-refractivity contribution is 0.0951. The number of carbonyl (C=O) groups is 1. The van der Waals surface area contributed by atoms with Gasteiger partial charge in [-0.05, 0) is 24.1 Å². The molecule has 3 aromatic rings. The van der Waals surface area contributed by atoms with E-state index in [1.54, 1.807) is 18.7 Å². The fourth-order valence-electron chi connectivity index (χ4n) is 2.38. The molecule has 0 aliphatic carbocycles. The number of thiazole rings is 1. The van der Waals surface area contributed by atoms with Crippen LogP contribution in [0.3, 0.4) is 0 Å². The van der Waals surface area contributed by atoms with Crippen LogP contribution in [0.15, 0.2) is 59.0 Å². The number of methoxy groups -OCH3 is 1. The molecule has 0 saturated heterocycles. The zero-order valence-electron chi connectivity index (χ0n) is 14.6. The molecule has 26 heavy (non-hydrogen) atoms. The normalized spacial score (nSPS) is 10.8. The molecule has 6 heteroatoms. The Morgan fingerprint density at radius 2 is 2.00 bits per heavy atom. The maximum absolute atomic E-state index is 12.2. The minimum Gasteiger partial charge on any atom is -0.496 e. The number of aryl methyl sites for hydroxylation is 1. The van der Waals surface area contributed by atoms with Crippen molar-refractivity contribution >= 4 is 23.5 Å². The number of nitrogens with zero attached hydrogens (tertiary/aromatic N) is 2. The van der Waals surface area contributed by atoms with E-state index in [0.717, 1.165) is 22.6 Å². The first-order valence-corrected chi connectivity index (χ1v) is 9.10. The molecule has 0 fully saturated rings. The molecule has 0 aliphatic heterocycles. The van der Waals surface area contributed by atoms with E-state index in [-0.39, 0.29) is 5.91 Å². The number of hydrogen-bond acceptors (Lipinski definition) is 5. The Kier molecular flexibility index (Phi) is 5.76. The molecule has 3 rings (SSSR count). The van der Waals surface area contributed by atoms with Crippen molar-refractivity contribution in [3.8, 4) is 16.3 Å². The number of nitrogens with one attached hydrogen (secondary N) is 1. The summed E-state index contributed by atoms with van der Waals surface area (Å²) in [7, 11) is 1.59. The molecule has 0 saturated carbocycles. The van der Waals surface area contributed by atoms with Gasteiger partial charge in [-0.15, -0.1) is 11.3 Å². The number of carbonyl (C=O) groups excluding carboxylic acids is 1. The van der Waals surface area contributed by atoms with Gasteiger partial charge in [-0.2, -0.15) is 5.10 Å². The van der Waals surface area contributed by atoms with E-state index in [1.807, 2.05) is 36.4 Å². The van der Waals surface area contributed by atoms with Crippen molar-refractivity contribution in [1.82, 2.24) is 10.4 Å². The maximum Gasteiger partial charge on any atom is 0.290 e. The minimum atomic E-state index is -0.344. The Bertz CT molecular complexity index is 917. The smallest absolute Gasteiger partial charge is 0.290 e. The Hall–Kier alpha value is -2.99. The highest BCUT2D eigenvalue weighted by Crippen LogP contribution is 2.24. The lowest BCUT2D eigenvalue weighted by atomic mass is 10.1. The SMILES string of the molecule is CCc1ccc(-c2nc(C(=O)N/N=C\c3ccccc3OC)cs2)cc1. The highest BCUT2D eigenvalue weighted by molar-refractivity contribution is 7.13. The molecule has 2 aromatic carbocycles. The predicted octanol–water partition coefficient (Wildman–Crippen LogP) is 4.15. The van der Waals surface area contributed by atoms with Crippen molar-refractivity contribution in [3.05, 3.63) is 70.7 Å². The van der Waals surface area contributed by atoms with E-state index in [2.05, 4.69) is 34.6 Å². The fraction of sp³-hybridized carbons (Fsp3) is 0.150. The lowest BCUT2D eigenvalue weighted by Gasteiger charge is -2.02. The quantitative estimate of drug-likeness (QED) is 0.527. The Labute approximate surface area is 156 Å². The first-order valence-electron chi connectivity index (χ1n) is 8.22. The summed E-state index contributed by atoms with van der Waals surface area (Å²) < 4.78 is 5.24. The molecular weight excluding hydrogens is 346 g/mol. The van der Waals surface area contributed by atoms with Crippen LogP contribution in [0.25, 0.3) is 10.6 Å². The predicted molar refractivity (Wildman–Crippen MR) is 105 cm³/mol. The fourth-order valence-corrected chi connectivity index (χ4v) is 3.19. The second kappa shape index (κ2) is 8.40. The molecule has 1 heterocycles. The highest BCUT2D eigenvalue weighted by Gasteiger charge is 2.11. The summed E-state index contributed by atoms with van der Waals surface area (Å²) >= 11 is 1.44. The second-order valence-corrected chi connectivity index (χ2v) is 6.39. The molecule has 1 amide bonds. The van der Waals surface area contributed by atoms with Gasteiger partial charge in [0.1, 0.15) is 16.5 Å². The number of aromatic nitrogens is 1. The summed E-state index contributed by atoms with van der Waals surface area (Å²) in [6.45, 7) is 2.12. The van der Waals surface area contributed by atoms with Gasteiger partial charge in [0.25, 0.3) is 5.91 Å². The number of amides is 1. The van der Waals surface area contributed by atoms with Crippen LogP contribution in [0.2, 0.25) is 0 Å². The van der Waals surface area contributed by atoms with Crippen molar-refractivity contribution in [2.45, 2.75) is 13.3 Å². The number of hydrazone groups is 1. The van der Waals surface area contributed by atoms with Crippen LogP contribution in [0.4, 0.5) is 0 Å². The van der Waals surface area contributed by atoms with E-state index in [1.165, 1.54) is 16.9 Å². The Balaban J connectivity index is 1.67. The van der Waals surface area contributed by atoms with Crippen LogP contribution >= 0.6 is 11.3 Å². The van der Waals surface area contributed by atoms with E-state index >= 15 is 0 Å². The Morgan fingerprint density at radius 1 is 1.23 bits per heavy atom. The molecule has 1 N–H and O–H groups in total. The average Bonchev–Trinajstić information content (AvgIpc) is 3.18. The molecule has 1 aromatic heterocycles. The van der Waals surface area contributed by atoms with Gasteiger partial charge >= 0.3 is 0 Å². The van der Waals surface area contributed by atoms with Crippen LogP contribution in [0.1, 0.15) is 28.5 Å². The summed E-state index contributed by atoms with van der Waals surface area (Å²) in [5.41, 5.74) is 5.91. The van der Waals surface area contributed by atoms with E-state index in [4.69, 9.17) is 4.74 Å². The van der Waals surface area contributed by atoms with Crippen LogP contribution in [0.5, 0.6) is 5.75 Å². The summed E-state index contributed by atoms with van der Waals surface area (Å²) in [5.74, 6) is 0.348. The molecular formula is C20H19N3O2S. The van der Waals surface area contributed by atoms with Crippen LogP contribution in [-0.2, 0) is 6.42 Å². The van der Waals surface area contributed by atoms with Gasteiger partial charge < -0.3 is 4.74 Å². The summed E-state index contributed by atoms with van der Waals surface area (Å²) in [6.07, 6.45) is 2.55. The first kappa shape index (κ1) is 17.8. The van der Waals surface area contributed by atoms with Crippen molar-refractivity contribution in [2.75, 3.05) is 7.11 Å². The maximum atomic E-state index is 12.2. The van der Waals surface area contributed by atoms with Crippen LogP contribution < -0.4 is 10.2 Å². The summed E-state index contributed by atoms with van der Waals surface area (Å²) in [4.78, 5) is 16.6. The van der Waals surface area contributed by atoms with Gasteiger partial charge in [-0.3, -0.25) is 4.79 Å². The van der Waals surface area contributed by atoms with Crippen LogP contribution in [0, 0.1) is 0 Å². The summed E-state index contributed by atoms with van der Waals surface area (Å²) in [5, 5.41) is 6.54. The van der Waals surface area contributed by atoms with Crippen molar-refractivity contribution in [3.63, 3.8) is 0 Å². The van der Waals surface area contributed by atoms with Gasteiger partial charge in [0, 0.05) is 16.5 Å². The zero-order chi connectivity index (χ0) is 18.4. The van der Waals surface area contributed by atoms with E-state index < -0.39 is 0 Å². The number of ether oxygens (including phenoxy) is 1. The number of hydrogen-bond donors (Lipinski definition) is 1. The number of benzene rings is 2. The zero-order valence-corrected chi connectivity index (χ0v) is 15.4. The first-order chi connectivity index (χ1) is 12.7. The summed E-state index contributed by atoms with van der Waals surface area (Å²) in [6, 6.07) is 15.6. The molecule has 0 radical (unpaired) electrons. The molecule has 0 bridgehead atoms. The largest absolute Gasteiger partial charge is 0.496 e. The van der Waals surface area contributed by atoms with Crippen LogP contribution in [-0.4, -0.2) is 24.2 Å².